The molecule has 106 valence electrons. The van der Waals surface area contributed by atoms with E-state index in [2.05, 4.69) is 0 Å². The van der Waals surface area contributed by atoms with Crippen LogP contribution in [0.2, 0.25) is 0 Å². The molecular formula is C14H13Cl2NO3. The standard InChI is InChI=1S/C14H13Cl2NO3/c1-20-13(19)9-2-3-11-8(6-9)4-5-17(11)12(18)10-7-14(10,15)16/h2-3,6,10H,4-5,7H2,1H3. The lowest BCUT2D eigenvalue weighted by atomic mass is 10.1. The van der Waals surface area contributed by atoms with Crippen molar-refractivity contribution >= 4 is 40.8 Å². The lowest BCUT2D eigenvalue weighted by Crippen LogP contribution is -2.31. The molecule has 0 bridgehead atoms. The Morgan fingerprint density at radius 1 is 1.40 bits per heavy atom. The van der Waals surface area contributed by atoms with Gasteiger partial charge < -0.3 is 9.64 Å². The van der Waals surface area contributed by atoms with Crippen molar-refractivity contribution in [3.63, 3.8) is 0 Å². The Morgan fingerprint density at radius 3 is 2.70 bits per heavy atom. The molecule has 6 heteroatoms. The highest BCUT2D eigenvalue weighted by Gasteiger charge is 2.58. The van der Waals surface area contributed by atoms with Crippen molar-refractivity contribution in [2.45, 2.75) is 17.2 Å². The molecule has 1 fully saturated rings. The van der Waals surface area contributed by atoms with Crippen molar-refractivity contribution in [3.8, 4) is 0 Å². The molecule has 0 spiro atoms. The maximum Gasteiger partial charge on any atom is 0.337 e. The van der Waals surface area contributed by atoms with E-state index in [1.54, 1.807) is 23.1 Å². The Labute approximate surface area is 126 Å². The number of carbonyl (C=O) groups excluding carboxylic acids is 2. The fraction of sp³-hybridized carbons (Fsp3) is 0.429. The molecule has 1 unspecified atom stereocenters. The van der Waals surface area contributed by atoms with Crippen LogP contribution in [0.1, 0.15) is 22.3 Å². The van der Waals surface area contributed by atoms with Crippen LogP contribution in [0.15, 0.2) is 18.2 Å². The van der Waals surface area contributed by atoms with Crippen LogP contribution in [0.5, 0.6) is 0 Å². The maximum absolute atomic E-state index is 12.3. The maximum atomic E-state index is 12.3. The third-order valence-corrected chi connectivity index (χ3v) is 4.62. The van der Waals surface area contributed by atoms with Crippen LogP contribution in [0, 0.1) is 5.92 Å². The summed E-state index contributed by atoms with van der Waals surface area (Å²) in [4.78, 5) is 25.5. The number of rotatable bonds is 2. The van der Waals surface area contributed by atoms with Crippen LogP contribution in [0.4, 0.5) is 5.69 Å². The number of benzene rings is 1. The number of halogens is 2. The third-order valence-electron chi connectivity index (χ3n) is 3.79. The molecule has 1 aliphatic heterocycles. The van der Waals surface area contributed by atoms with Gasteiger partial charge in [0, 0.05) is 12.2 Å². The Morgan fingerprint density at radius 2 is 2.10 bits per heavy atom. The van der Waals surface area contributed by atoms with E-state index < -0.39 is 4.33 Å². The number of ether oxygens (including phenoxy) is 1. The molecule has 0 aromatic heterocycles. The summed E-state index contributed by atoms with van der Waals surface area (Å²) < 4.78 is 3.78. The first-order valence-electron chi connectivity index (χ1n) is 6.34. The molecule has 20 heavy (non-hydrogen) atoms. The van der Waals surface area contributed by atoms with Crippen LogP contribution in [-0.2, 0) is 16.0 Å². The van der Waals surface area contributed by atoms with Crippen molar-refractivity contribution in [3.05, 3.63) is 29.3 Å². The number of carbonyl (C=O) groups is 2. The van der Waals surface area contributed by atoms with E-state index in [9.17, 15) is 9.59 Å². The number of hydrogen-bond donors (Lipinski definition) is 0. The summed E-state index contributed by atoms with van der Waals surface area (Å²) >= 11 is 11.9. The van der Waals surface area contributed by atoms with Crippen LogP contribution in [-0.4, -0.2) is 29.9 Å². The largest absolute Gasteiger partial charge is 0.465 e. The van der Waals surface area contributed by atoms with Crippen molar-refractivity contribution in [1.29, 1.82) is 0 Å². The Hall–Kier alpha value is -1.26. The minimum Gasteiger partial charge on any atom is -0.465 e. The average molecular weight is 314 g/mol. The van der Waals surface area contributed by atoms with Gasteiger partial charge >= 0.3 is 5.97 Å². The Kier molecular flexibility index (Phi) is 3.18. The predicted octanol–water partition coefficient (Wildman–Crippen LogP) is 2.56. The number of anilines is 1. The molecule has 0 saturated heterocycles. The second-order valence-electron chi connectivity index (χ2n) is 5.09. The van der Waals surface area contributed by atoms with E-state index in [0.717, 1.165) is 17.7 Å². The Bertz CT molecular complexity index is 600. The van der Waals surface area contributed by atoms with Crippen LogP contribution in [0.25, 0.3) is 0 Å². The first-order chi connectivity index (χ1) is 9.44. The normalized spacial score (nSPS) is 22.4. The molecule has 1 atom stereocenters. The van der Waals surface area contributed by atoms with Gasteiger partial charge in [-0.2, -0.15) is 0 Å². The molecule has 4 nitrogen and oxygen atoms in total. The monoisotopic (exact) mass is 313 g/mol. The minimum absolute atomic E-state index is 0.0421. The molecule has 1 heterocycles. The van der Waals surface area contributed by atoms with E-state index >= 15 is 0 Å². The second-order valence-corrected chi connectivity index (χ2v) is 6.64. The summed E-state index contributed by atoms with van der Waals surface area (Å²) in [7, 11) is 1.35. The van der Waals surface area contributed by atoms with Gasteiger partial charge in [-0.15, -0.1) is 23.2 Å². The first kappa shape index (κ1) is 13.7. The van der Waals surface area contributed by atoms with E-state index in [-0.39, 0.29) is 17.8 Å². The van der Waals surface area contributed by atoms with Crippen molar-refractivity contribution in [2.75, 3.05) is 18.6 Å². The Balaban J connectivity index is 1.84. The number of alkyl halides is 2. The lowest BCUT2D eigenvalue weighted by Gasteiger charge is -2.17. The fourth-order valence-electron chi connectivity index (χ4n) is 2.54. The van der Waals surface area contributed by atoms with Crippen LogP contribution in [0.3, 0.4) is 0 Å². The van der Waals surface area contributed by atoms with E-state index in [1.807, 2.05) is 0 Å². The number of amides is 1. The highest BCUT2D eigenvalue weighted by atomic mass is 35.5. The SMILES string of the molecule is COC(=O)c1ccc2c(c1)CCN2C(=O)C1CC1(Cl)Cl. The van der Waals surface area contributed by atoms with Gasteiger partial charge in [0.15, 0.2) is 0 Å². The summed E-state index contributed by atoms with van der Waals surface area (Å²) in [6.07, 6.45) is 1.22. The third kappa shape index (κ3) is 2.17. The molecule has 1 aromatic rings. The summed E-state index contributed by atoms with van der Waals surface area (Å²) in [5.74, 6) is -0.739. The molecule has 3 rings (SSSR count). The van der Waals surface area contributed by atoms with Gasteiger partial charge in [0.1, 0.15) is 4.33 Å². The van der Waals surface area contributed by atoms with Gasteiger partial charge in [0.25, 0.3) is 0 Å². The lowest BCUT2D eigenvalue weighted by molar-refractivity contribution is -0.119. The molecular weight excluding hydrogens is 301 g/mol. The zero-order valence-electron chi connectivity index (χ0n) is 10.9. The second kappa shape index (κ2) is 4.64. The first-order valence-corrected chi connectivity index (χ1v) is 7.10. The molecule has 0 N–H and O–H groups in total. The molecule has 1 aliphatic carbocycles. The van der Waals surface area contributed by atoms with E-state index in [4.69, 9.17) is 27.9 Å². The van der Waals surface area contributed by atoms with Crippen LogP contribution >= 0.6 is 23.2 Å². The zero-order chi connectivity index (χ0) is 14.5. The summed E-state index contributed by atoms with van der Waals surface area (Å²) in [5.41, 5.74) is 2.30. The molecule has 1 saturated carbocycles. The number of fused-ring (bicyclic) bond motifs is 1. The summed E-state index contributed by atoms with van der Waals surface area (Å²) in [6.45, 7) is 0.596. The number of nitrogens with zero attached hydrogens (tertiary/aromatic N) is 1. The molecule has 1 amide bonds. The topological polar surface area (TPSA) is 46.6 Å². The van der Waals surface area contributed by atoms with Gasteiger partial charge in [-0.25, -0.2) is 4.79 Å². The minimum atomic E-state index is -0.911. The predicted molar refractivity (Wildman–Crippen MR) is 76.4 cm³/mol. The van der Waals surface area contributed by atoms with Crippen LogP contribution < -0.4 is 4.90 Å². The van der Waals surface area contributed by atoms with Gasteiger partial charge in [0.2, 0.25) is 5.91 Å². The number of methoxy groups -OCH3 is 1. The molecule has 0 radical (unpaired) electrons. The molecule has 2 aliphatic rings. The fourth-order valence-corrected chi connectivity index (χ4v) is 3.04. The average Bonchev–Trinajstić information content (AvgIpc) is 2.88. The van der Waals surface area contributed by atoms with E-state index in [0.29, 0.717) is 18.5 Å². The van der Waals surface area contributed by atoms with Crippen molar-refractivity contribution in [2.24, 2.45) is 5.92 Å². The van der Waals surface area contributed by atoms with Gasteiger partial charge in [-0.1, -0.05) is 0 Å². The van der Waals surface area contributed by atoms with Gasteiger partial charge in [-0.05, 0) is 36.6 Å². The highest BCUT2D eigenvalue weighted by molar-refractivity contribution is 6.52. The quantitative estimate of drug-likeness (QED) is 0.622. The zero-order valence-corrected chi connectivity index (χ0v) is 12.4. The van der Waals surface area contributed by atoms with Gasteiger partial charge in [-0.3, -0.25) is 4.79 Å². The summed E-state index contributed by atoms with van der Waals surface area (Å²) in [6, 6.07) is 5.22. The van der Waals surface area contributed by atoms with E-state index in [1.165, 1.54) is 7.11 Å². The number of hydrogen-bond acceptors (Lipinski definition) is 3. The van der Waals surface area contributed by atoms with Gasteiger partial charge in [0.05, 0.1) is 18.6 Å². The molecule has 1 aromatic carbocycles. The summed E-state index contributed by atoms with van der Waals surface area (Å²) in [5, 5.41) is 0. The smallest absolute Gasteiger partial charge is 0.337 e. The highest BCUT2D eigenvalue weighted by Crippen LogP contribution is 2.54. The van der Waals surface area contributed by atoms with Crippen molar-refractivity contribution in [1.82, 2.24) is 0 Å². The number of esters is 1. The van der Waals surface area contributed by atoms with Crippen molar-refractivity contribution < 1.29 is 14.3 Å².